The van der Waals surface area contributed by atoms with Crippen LogP contribution in [0.15, 0.2) is 47.7 Å². The van der Waals surface area contributed by atoms with E-state index in [9.17, 15) is 10.1 Å². The van der Waals surface area contributed by atoms with Crippen LogP contribution in [0, 0.1) is 17.0 Å². The Morgan fingerprint density at radius 3 is 2.71 bits per heavy atom. The van der Waals surface area contributed by atoms with Gasteiger partial charge in [0.15, 0.2) is 5.75 Å². The molecule has 0 aliphatic rings. The van der Waals surface area contributed by atoms with Crippen molar-refractivity contribution < 1.29 is 9.66 Å². The lowest BCUT2D eigenvalue weighted by atomic mass is 10.2. The number of nitrogens with two attached hydrogens (primary N) is 1. The van der Waals surface area contributed by atoms with Gasteiger partial charge in [-0.25, -0.2) is 9.66 Å². The second-order valence-electron chi connectivity index (χ2n) is 5.85. The summed E-state index contributed by atoms with van der Waals surface area (Å²) in [4.78, 5) is 14.9. The maximum Gasteiger partial charge on any atom is 0.311 e. The number of aryl methyl sites for hydroxylation is 1. The summed E-state index contributed by atoms with van der Waals surface area (Å²) in [7, 11) is 0. The molecule has 3 aromatic rings. The molecule has 0 amide bonds. The second-order valence-corrected chi connectivity index (χ2v) is 6.67. The molecule has 2 N–H and O–H groups in total. The number of hydrogen-bond acceptors (Lipinski definition) is 6. The number of nitro groups is 1. The molecule has 0 saturated heterocycles. The number of nitrogens with zero attached hydrogens (tertiary/aromatic N) is 4. The fourth-order valence-electron chi connectivity index (χ4n) is 2.40. The van der Waals surface area contributed by atoms with E-state index in [0.29, 0.717) is 21.3 Å². The summed E-state index contributed by atoms with van der Waals surface area (Å²) in [6.07, 6.45) is 3.10. The summed E-state index contributed by atoms with van der Waals surface area (Å²) in [5.41, 5.74) is 7.50. The van der Waals surface area contributed by atoms with E-state index in [1.165, 1.54) is 23.0 Å². The van der Waals surface area contributed by atoms with E-state index in [0.717, 1.165) is 5.56 Å². The van der Waals surface area contributed by atoms with Crippen LogP contribution in [0.25, 0.3) is 0 Å². The Morgan fingerprint density at radius 1 is 1.29 bits per heavy atom. The third kappa shape index (κ3) is 4.59. The third-order valence-corrected chi connectivity index (χ3v) is 4.46. The normalized spacial score (nSPS) is 11.1. The van der Waals surface area contributed by atoms with Gasteiger partial charge in [0.2, 0.25) is 5.95 Å². The molecular formula is C18H15Cl2N5O3. The molecule has 8 nitrogen and oxygen atoms in total. The average molecular weight is 420 g/mol. The summed E-state index contributed by atoms with van der Waals surface area (Å²) in [5, 5.41) is 16.4. The van der Waals surface area contributed by atoms with Gasteiger partial charge in [-0.05, 0) is 36.8 Å². The minimum Gasteiger partial charge on any atom is -0.482 e. The first-order valence-corrected chi connectivity index (χ1v) is 8.80. The lowest BCUT2D eigenvalue weighted by molar-refractivity contribution is -0.385. The number of hydrogen-bond donors (Lipinski definition) is 1. The number of nitro benzene ring substituents is 1. The predicted molar refractivity (Wildman–Crippen MR) is 108 cm³/mol. The number of aromatic nitrogens is 2. The molecule has 0 radical (unpaired) electrons. The van der Waals surface area contributed by atoms with Crippen molar-refractivity contribution >= 4 is 41.1 Å². The number of nitrogen functional groups attached to an aromatic ring is 1. The van der Waals surface area contributed by atoms with Crippen LogP contribution < -0.4 is 10.5 Å². The lowest BCUT2D eigenvalue weighted by Gasteiger charge is -2.08. The fourth-order valence-corrected chi connectivity index (χ4v) is 2.72. The standard InChI is InChI=1S/C18H15Cl2N5O3/c1-11-9-24(18(21)23-11)22-8-12-3-5-17(16(7-12)25(26)27)28-10-13-2-4-14(19)15(20)6-13/h2-9H,10H2,1H3,(H2,21,23). The molecule has 10 heteroatoms. The number of halogens is 2. The molecule has 28 heavy (non-hydrogen) atoms. The molecule has 0 bridgehead atoms. The van der Waals surface area contributed by atoms with Crippen LogP contribution >= 0.6 is 23.2 Å². The Labute approximate surface area is 170 Å². The van der Waals surface area contributed by atoms with Gasteiger partial charge >= 0.3 is 5.69 Å². The first-order chi connectivity index (χ1) is 13.3. The van der Waals surface area contributed by atoms with E-state index >= 15 is 0 Å². The van der Waals surface area contributed by atoms with Gasteiger partial charge in [-0.15, -0.1) is 0 Å². The van der Waals surface area contributed by atoms with Gasteiger partial charge in [0.25, 0.3) is 0 Å². The van der Waals surface area contributed by atoms with Crippen molar-refractivity contribution in [3.8, 4) is 5.75 Å². The molecule has 0 unspecified atom stereocenters. The first-order valence-electron chi connectivity index (χ1n) is 8.04. The molecule has 2 aromatic carbocycles. The second kappa shape index (κ2) is 8.28. The largest absolute Gasteiger partial charge is 0.482 e. The Bertz CT molecular complexity index is 1070. The van der Waals surface area contributed by atoms with Crippen molar-refractivity contribution in [2.24, 2.45) is 5.10 Å². The highest BCUT2D eigenvalue weighted by Crippen LogP contribution is 2.29. The molecule has 0 aliphatic heterocycles. The minimum atomic E-state index is -0.517. The van der Waals surface area contributed by atoms with Gasteiger partial charge in [-0.2, -0.15) is 5.10 Å². The Hall–Kier alpha value is -3.10. The van der Waals surface area contributed by atoms with Gasteiger partial charge < -0.3 is 10.5 Å². The molecule has 0 fully saturated rings. The van der Waals surface area contributed by atoms with Crippen LogP contribution in [0.2, 0.25) is 10.0 Å². The van der Waals surface area contributed by atoms with Crippen LogP contribution in [-0.2, 0) is 6.61 Å². The van der Waals surface area contributed by atoms with E-state index in [1.54, 1.807) is 37.4 Å². The maximum absolute atomic E-state index is 11.4. The van der Waals surface area contributed by atoms with E-state index in [1.807, 2.05) is 0 Å². The van der Waals surface area contributed by atoms with Crippen LogP contribution in [-0.4, -0.2) is 20.8 Å². The molecular weight excluding hydrogens is 405 g/mol. The quantitative estimate of drug-likeness (QED) is 0.360. The van der Waals surface area contributed by atoms with Crippen molar-refractivity contribution in [3.05, 3.63) is 79.6 Å². The van der Waals surface area contributed by atoms with Crippen LogP contribution in [0.1, 0.15) is 16.8 Å². The van der Waals surface area contributed by atoms with Gasteiger partial charge in [0, 0.05) is 11.6 Å². The van der Waals surface area contributed by atoms with Crippen molar-refractivity contribution in [2.45, 2.75) is 13.5 Å². The number of anilines is 1. The molecule has 0 atom stereocenters. The van der Waals surface area contributed by atoms with Crippen molar-refractivity contribution in [1.29, 1.82) is 0 Å². The number of rotatable bonds is 6. The molecule has 0 spiro atoms. The van der Waals surface area contributed by atoms with Crippen LogP contribution in [0.5, 0.6) is 5.75 Å². The number of ether oxygens (including phenoxy) is 1. The Morgan fingerprint density at radius 2 is 2.07 bits per heavy atom. The summed E-state index contributed by atoms with van der Waals surface area (Å²) >= 11 is 11.8. The van der Waals surface area contributed by atoms with Gasteiger partial charge in [-0.3, -0.25) is 10.1 Å². The minimum absolute atomic E-state index is 0.107. The molecule has 0 aliphatic carbocycles. The highest BCUT2D eigenvalue weighted by molar-refractivity contribution is 6.42. The highest BCUT2D eigenvalue weighted by Gasteiger charge is 2.16. The third-order valence-electron chi connectivity index (χ3n) is 3.72. The SMILES string of the molecule is Cc1cn(N=Cc2ccc(OCc3ccc(Cl)c(Cl)c3)c([N+](=O)[O-])c2)c(N)n1. The molecule has 1 heterocycles. The lowest BCUT2D eigenvalue weighted by Crippen LogP contribution is -2.01. The van der Waals surface area contributed by atoms with Gasteiger partial charge in [0.05, 0.1) is 33.1 Å². The zero-order chi connectivity index (χ0) is 20.3. The van der Waals surface area contributed by atoms with E-state index in [-0.39, 0.29) is 24.0 Å². The average Bonchev–Trinajstić information content (AvgIpc) is 2.98. The van der Waals surface area contributed by atoms with Crippen molar-refractivity contribution in [2.75, 3.05) is 5.73 Å². The monoisotopic (exact) mass is 419 g/mol. The topological polar surface area (TPSA) is 109 Å². The summed E-state index contributed by atoms with van der Waals surface area (Å²) in [6, 6.07) is 9.56. The highest BCUT2D eigenvalue weighted by atomic mass is 35.5. The molecule has 3 rings (SSSR count). The smallest absolute Gasteiger partial charge is 0.311 e. The zero-order valence-electron chi connectivity index (χ0n) is 14.7. The number of benzene rings is 2. The van der Waals surface area contributed by atoms with Gasteiger partial charge in [0.1, 0.15) is 6.61 Å². The zero-order valence-corrected chi connectivity index (χ0v) is 16.2. The predicted octanol–water partition coefficient (Wildman–Crippen LogP) is 4.45. The first kappa shape index (κ1) is 19.7. The van der Waals surface area contributed by atoms with E-state index < -0.39 is 4.92 Å². The van der Waals surface area contributed by atoms with Crippen molar-refractivity contribution in [1.82, 2.24) is 9.66 Å². The molecule has 1 aromatic heterocycles. The summed E-state index contributed by atoms with van der Waals surface area (Å²) < 4.78 is 6.98. The van der Waals surface area contributed by atoms with E-state index in [4.69, 9.17) is 33.7 Å². The molecule has 144 valence electrons. The molecule has 0 saturated carbocycles. The van der Waals surface area contributed by atoms with Gasteiger partial charge in [-0.1, -0.05) is 29.3 Å². The van der Waals surface area contributed by atoms with Crippen LogP contribution in [0.3, 0.4) is 0 Å². The number of imidazole rings is 1. The van der Waals surface area contributed by atoms with E-state index in [2.05, 4.69) is 10.1 Å². The summed E-state index contributed by atoms with van der Waals surface area (Å²) in [6.45, 7) is 1.89. The Kier molecular flexibility index (Phi) is 5.81. The Balaban J connectivity index is 1.79. The maximum atomic E-state index is 11.4. The van der Waals surface area contributed by atoms with Crippen molar-refractivity contribution in [3.63, 3.8) is 0 Å². The van der Waals surface area contributed by atoms with Crippen LogP contribution in [0.4, 0.5) is 11.6 Å². The summed E-state index contributed by atoms with van der Waals surface area (Å²) in [5.74, 6) is 0.357. The fraction of sp³-hybridized carbons (Fsp3) is 0.111.